The van der Waals surface area contributed by atoms with Gasteiger partial charge < -0.3 is 4.90 Å². The van der Waals surface area contributed by atoms with Crippen LogP contribution in [-0.2, 0) is 16.2 Å². The Hall–Kier alpha value is -2.73. The summed E-state index contributed by atoms with van der Waals surface area (Å²) < 4.78 is 70.3. The van der Waals surface area contributed by atoms with Crippen LogP contribution in [0, 0.1) is 0 Å². The first kappa shape index (κ1) is 19.6. The SMILES string of the molecule is O=S(=O)(c1cccc2nonc12)N1CCCN(c2ccc(C(F)(F)F)cn2)CC1. The van der Waals surface area contributed by atoms with Gasteiger partial charge in [-0.2, -0.15) is 17.5 Å². The molecular weight excluding hydrogens is 411 g/mol. The van der Waals surface area contributed by atoms with Gasteiger partial charge in [0.05, 0.1) is 5.56 Å². The maximum atomic E-state index is 13.1. The molecule has 1 aliphatic heterocycles. The number of sulfonamides is 1. The van der Waals surface area contributed by atoms with E-state index >= 15 is 0 Å². The molecule has 0 amide bonds. The van der Waals surface area contributed by atoms with Crippen LogP contribution in [0.15, 0.2) is 46.1 Å². The normalized spacial score (nSPS) is 16.9. The summed E-state index contributed by atoms with van der Waals surface area (Å²) in [6.45, 7) is 1.19. The standard InChI is InChI=1S/C17H16F3N5O3S/c18-17(19,20)12-5-6-15(21-11-12)24-7-2-8-25(10-9-24)29(26,27)14-4-1-3-13-16(14)23-28-22-13/h1,3-6,11H,2,7-10H2. The number of rotatable bonds is 3. The predicted octanol–water partition coefficient (Wildman–Crippen LogP) is 2.54. The monoisotopic (exact) mass is 427 g/mol. The van der Waals surface area contributed by atoms with E-state index in [9.17, 15) is 21.6 Å². The van der Waals surface area contributed by atoms with Crippen LogP contribution in [0.1, 0.15) is 12.0 Å². The van der Waals surface area contributed by atoms with Crippen molar-refractivity contribution in [1.29, 1.82) is 0 Å². The summed E-state index contributed by atoms with van der Waals surface area (Å²) in [5, 5.41) is 7.36. The Kier molecular flexibility index (Phi) is 4.90. The minimum atomic E-state index is -4.45. The number of fused-ring (bicyclic) bond motifs is 1. The lowest BCUT2D eigenvalue weighted by Gasteiger charge is -2.23. The van der Waals surface area contributed by atoms with E-state index in [1.54, 1.807) is 17.0 Å². The molecule has 0 aliphatic carbocycles. The molecular formula is C17H16F3N5O3S. The van der Waals surface area contributed by atoms with E-state index in [0.29, 0.717) is 30.8 Å². The number of anilines is 1. The molecule has 1 aromatic carbocycles. The second-order valence-corrected chi connectivity index (χ2v) is 8.44. The summed E-state index contributed by atoms with van der Waals surface area (Å²) in [5.41, 5.74) is -0.316. The zero-order chi connectivity index (χ0) is 20.6. The summed E-state index contributed by atoms with van der Waals surface area (Å²) in [7, 11) is -3.84. The number of hydrogen-bond donors (Lipinski definition) is 0. The maximum Gasteiger partial charge on any atom is 0.417 e. The highest BCUT2D eigenvalue weighted by Gasteiger charge is 2.32. The number of nitrogens with zero attached hydrogens (tertiary/aromatic N) is 5. The maximum absolute atomic E-state index is 13.1. The van der Waals surface area contributed by atoms with Crippen LogP contribution in [0.3, 0.4) is 0 Å². The number of pyridine rings is 1. The van der Waals surface area contributed by atoms with Crippen LogP contribution in [0.5, 0.6) is 0 Å². The van der Waals surface area contributed by atoms with E-state index in [-0.39, 0.29) is 23.5 Å². The van der Waals surface area contributed by atoms with Crippen LogP contribution >= 0.6 is 0 Å². The first-order valence-corrected chi connectivity index (χ1v) is 10.2. The number of aromatic nitrogens is 3. The van der Waals surface area contributed by atoms with Gasteiger partial charge in [-0.1, -0.05) is 6.07 Å². The molecule has 29 heavy (non-hydrogen) atoms. The van der Waals surface area contributed by atoms with Gasteiger partial charge in [0.1, 0.15) is 16.2 Å². The highest BCUT2D eigenvalue weighted by molar-refractivity contribution is 7.89. The van der Waals surface area contributed by atoms with Gasteiger partial charge in [0, 0.05) is 32.4 Å². The molecule has 4 rings (SSSR count). The van der Waals surface area contributed by atoms with Crippen molar-refractivity contribution >= 4 is 26.9 Å². The van der Waals surface area contributed by atoms with Crippen molar-refractivity contribution in [1.82, 2.24) is 19.6 Å². The number of halogens is 3. The van der Waals surface area contributed by atoms with Crippen molar-refractivity contribution in [3.05, 3.63) is 42.1 Å². The van der Waals surface area contributed by atoms with E-state index in [1.165, 1.54) is 16.4 Å². The third kappa shape index (κ3) is 3.77. The van der Waals surface area contributed by atoms with Crippen LogP contribution in [0.25, 0.3) is 11.0 Å². The van der Waals surface area contributed by atoms with Gasteiger partial charge in [0.15, 0.2) is 5.52 Å². The molecule has 0 atom stereocenters. The number of alkyl halides is 3. The minimum Gasteiger partial charge on any atom is -0.355 e. The molecule has 0 saturated carbocycles. The van der Waals surface area contributed by atoms with Gasteiger partial charge in [-0.25, -0.2) is 18.0 Å². The van der Waals surface area contributed by atoms with Crippen molar-refractivity contribution in [2.45, 2.75) is 17.5 Å². The minimum absolute atomic E-state index is 0.0114. The van der Waals surface area contributed by atoms with Crippen molar-refractivity contribution < 1.29 is 26.2 Å². The Morgan fingerprint density at radius 2 is 1.83 bits per heavy atom. The van der Waals surface area contributed by atoms with Gasteiger partial charge in [-0.05, 0) is 41.0 Å². The second-order valence-electron chi connectivity index (χ2n) is 6.54. The smallest absolute Gasteiger partial charge is 0.355 e. The summed E-state index contributed by atoms with van der Waals surface area (Å²) in [4.78, 5) is 5.68. The second kappa shape index (κ2) is 7.26. The summed E-state index contributed by atoms with van der Waals surface area (Å²) in [5.74, 6) is 0.375. The third-order valence-electron chi connectivity index (χ3n) is 4.72. The molecule has 2 aromatic heterocycles. The van der Waals surface area contributed by atoms with E-state index in [0.717, 1.165) is 12.3 Å². The zero-order valence-electron chi connectivity index (χ0n) is 15.0. The summed E-state index contributed by atoms with van der Waals surface area (Å²) in [6.07, 6.45) is -3.17. The van der Waals surface area contributed by atoms with Crippen LogP contribution in [0.4, 0.5) is 19.0 Å². The van der Waals surface area contributed by atoms with E-state index in [4.69, 9.17) is 0 Å². The van der Waals surface area contributed by atoms with Crippen LogP contribution in [0.2, 0.25) is 0 Å². The molecule has 0 spiro atoms. The van der Waals surface area contributed by atoms with Crippen molar-refractivity contribution in [2.24, 2.45) is 0 Å². The highest BCUT2D eigenvalue weighted by atomic mass is 32.2. The molecule has 0 unspecified atom stereocenters. The predicted molar refractivity (Wildman–Crippen MR) is 96.6 cm³/mol. The fourth-order valence-corrected chi connectivity index (χ4v) is 4.84. The Bertz CT molecular complexity index is 1120. The Balaban J connectivity index is 1.54. The molecule has 3 heterocycles. The van der Waals surface area contributed by atoms with Gasteiger partial charge >= 0.3 is 6.18 Å². The number of hydrogen-bond acceptors (Lipinski definition) is 7. The molecule has 8 nitrogen and oxygen atoms in total. The first-order valence-electron chi connectivity index (χ1n) is 8.76. The molecule has 1 fully saturated rings. The average molecular weight is 427 g/mol. The van der Waals surface area contributed by atoms with E-state index in [2.05, 4.69) is 19.9 Å². The Morgan fingerprint density at radius 3 is 2.55 bits per heavy atom. The summed E-state index contributed by atoms with van der Waals surface area (Å²) >= 11 is 0. The zero-order valence-corrected chi connectivity index (χ0v) is 15.8. The largest absolute Gasteiger partial charge is 0.417 e. The van der Waals surface area contributed by atoms with Gasteiger partial charge in [0.2, 0.25) is 10.0 Å². The van der Waals surface area contributed by atoms with Gasteiger partial charge in [0.25, 0.3) is 0 Å². The van der Waals surface area contributed by atoms with Crippen LogP contribution in [-0.4, -0.2) is 54.2 Å². The molecule has 12 heteroatoms. The lowest BCUT2D eigenvalue weighted by atomic mass is 10.2. The van der Waals surface area contributed by atoms with Crippen molar-refractivity contribution in [3.63, 3.8) is 0 Å². The molecule has 0 bridgehead atoms. The Labute approximate surface area is 163 Å². The van der Waals surface area contributed by atoms with E-state index < -0.39 is 21.8 Å². The lowest BCUT2D eigenvalue weighted by molar-refractivity contribution is -0.137. The average Bonchev–Trinajstić information content (AvgIpc) is 3.02. The molecule has 3 aromatic rings. The fourth-order valence-electron chi connectivity index (χ4n) is 3.23. The molecule has 1 saturated heterocycles. The molecule has 0 N–H and O–H groups in total. The third-order valence-corrected chi connectivity index (χ3v) is 6.65. The molecule has 154 valence electrons. The summed E-state index contributed by atoms with van der Waals surface area (Å²) in [6, 6.07) is 6.89. The molecule has 0 radical (unpaired) electrons. The fraction of sp³-hybridized carbons (Fsp3) is 0.353. The van der Waals surface area contributed by atoms with Gasteiger partial charge in [-0.15, -0.1) is 0 Å². The first-order chi connectivity index (χ1) is 13.8. The molecule has 1 aliphatic rings. The quantitative estimate of drug-likeness (QED) is 0.634. The van der Waals surface area contributed by atoms with Crippen molar-refractivity contribution in [2.75, 3.05) is 31.1 Å². The van der Waals surface area contributed by atoms with Gasteiger partial charge in [-0.3, -0.25) is 0 Å². The topological polar surface area (TPSA) is 92.4 Å². The van der Waals surface area contributed by atoms with E-state index in [1.807, 2.05) is 0 Å². The lowest BCUT2D eigenvalue weighted by Crippen LogP contribution is -2.35. The Morgan fingerprint density at radius 1 is 1.00 bits per heavy atom. The number of benzene rings is 1. The highest BCUT2D eigenvalue weighted by Crippen LogP contribution is 2.30. The van der Waals surface area contributed by atoms with Crippen LogP contribution < -0.4 is 4.90 Å². The van der Waals surface area contributed by atoms with Crippen molar-refractivity contribution in [3.8, 4) is 0 Å².